The van der Waals surface area contributed by atoms with Gasteiger partial charge < -0.3 is 14.8 Å². The van der Waals surface area contributed by atoms with Gasteiger partial charge in [0.05, 0.1) is 28.5 Å². The van der Waals surface area contributed by atoms with Crippen LogP contribution < -0.4 is 5.32 Å². The second kappa shape index (κ2) is 11.4. The number of aromatic nitrogens is 3. The number of anilines is 1. The van der Waals surface area contributed by atoms with Gasteiger partial charge in [0.1, 0.15) is 17.2 Å². The number of carbonyl (C=O) groups excluding carboxylic acids is 1. The molecule has 2 heterocycles. The number of aryl methyl sites for hydroxylation is 1. The molecule has 0 aliphatic heterocycles. The maximum absolute atomic E-state index is 14.1. The highest BCUT2D eigenvalue weighted by molar-refractivity contribution is 7.89. The lowest BCUT2D eigenvalue weighted by Crippen LogP contribution is -2.36. The molecule has 0 fully saturated rings. The highest BCUT2D eigenvalue weighted by Gasteiger charge is 2.24. The Labute approximate surface area is 217 Å². The maximum Gasteiger partial charge on any atom is 0.256 e. The molecule has 0 spiro atoms. The van der Waals surface area contributed by atoms with Crippen LogP contribution in [0, 0.1) is 12.7 Å². The van der Waals surface area contributed by atoms with Crippen molar-refractivity contribution in [3.8, 4) is 5.13 Å². The van der Waals surface area contributed by atoms with Gasteiger partial charge in [0.2, 0.25) is 15.2 Å². The molecule has 13 heteroatoms. The number of thiazole rings is 1. The van der Waals surface area contributed by atoms with Crippen LogP contribution in [0.1, 0.15) is 16.1 Å². The standard InChI is InChI=1S/C24H26FN5O5S2/c1-16-15-21(30(28-16)24-27-22-19(25)5-4-6-20(22)36-24)26-23(31)17-7-9-18(10-8-17)37(32,33)29(11-13-34-2)12-14-35-3/h4-10,15H,11-14H2,1-3H3,(H,26,31). The molecule has 0 aliphatic rings. The van der Waals surface area contributed by atoms with Crippen molar-refractivity contribution in [1.82, 2.24) is 19.1 Å². The highest BCUT2D eigenvalue weighted by Crippen LogP contribution is 2.29. The number of hydrogen-bond donors (Lipinski definition) is 1. The molecule has 0 atom stereocenters. The minimum absolute atomic E-state index is 0.0497. The summed E-state index contributed by atoms with van der Waals surface area (Å²) in [4.78, 5) is 17.4. The first-order valence-electron chi connectivity index (χ1n) is 11.3. The van der Waals surface area contributed by atoms with Crippen molar-refractivity contribution in [2.45, 2.75) is 11.8 Å². The van der Waals surface area contributed by atoms with Crippen LogP contribution in [0.15, 0.2) is 53.4 Å². The molecule has 0 saturated carbocycles. The number of carbonyl (C=O) groups is 1. The van der Waals surface area contributed by atoms with Crippen molar-refractivity contribution in [2.24, 2.45) is 0 Å². The molecule has 1 amide bonds. The number of para-hydroxylation sites is 1. The summed E-state index contributed by atoms with van der Waals surface area (Å²) in [5, 5.41) is 7.57. The molecule has 0 saturated heterocycles. The van der Waals surface area contributed by atoms with Gasteiger partial charge in [0.15, 0.2) is 0 Å². The number of benzene rings is 2. The van der Waals surface area contributed by atoms with E-state index >= 15 is 0 Å². The lowest BCUT2D eigenvalue weighted by atomic mass is 10.2. The van der Waals surface area contributed by atoms with Gasteiger partial charge in [-0.3, -0.25) is 4.79 Å². The van der Waals surface area contributed by atoms with E-state index in [4.69, 9.17) is 9.47 Å². The fraction of sp³-hybridized carbons (Fsp3) is 0.292. The summed E-state index contributed by atoms with van der Waals surface area (Å²) in [5.41, 5.74) is 1.11. The Morgan fingerprint density at radius 1 is 1.11 bits per heavy atom. The molecule has 10 nitrogen and oxygen atoms in total. The molecule has 2 aromatic carbocycles. The number of rotatable bonds is 11. The van der Waals surface area contributed by atoms with Gasteiger partial charge >= 0.3 is 0 Å². The molecule has 196 valence electrons. The largest absolute Gasteiger partial charge is 0.383 e. The van der Waals surface area contributed by atoms with Crippen molar-refractivity contribution in [2.75, 3.05) is 45.8 Å². The SMILES string of the molecule is COCCN(CCOC)S(=O)(=O)c1ccc(C(=O)Nc2cc(C)nn2-c2nc3c(F)cccc3s2)cc1. The Morgan fingerprint density at radius 2 is 1.78 bits per heavy atom. The van der Waals surface area contributed by atoms with Gasteiger partial charge in [-0.1, -0.05) is 17.4 Å². The molecule has 4 aromatic rings. The van der Waals surface area contributed by atoms with Crippen molar-refractivity contribution < 1.29 is 27.1 Å². The third-order valence-corrected chi connectivity index (χ3v) is 8.37. The normalized spacial score (nSPS) is 11.9. The van der Waals surface area contributed by atoms with Crippen LogP contribution >= 0.6 is 11.3 Å². The Kier molecular flexibility index (Phi) is 8.29. The zero-order chi connectivity index (χ0) is 26.6. The smallest absolute Gasteiger partial charge is 0.256 e. The summed E-state index contributed by atoms with van der Waals surface area (Å²) in [7, 11) is -0.818. The van der Waals surface area contributed by atoms with Gasteiger partial charge in [0.25, 0.3) is 5.91 Å². The number of sulfonamides is 1. The predicted octanol–water partition coefficient (Wildman–Crippen LogP) is 3.47. The summed E-state index contributed by atoms with van der Waals surface area (Å²) in [6.45, 7) is 2.57. The summed E-state index contributed by atoms with van der Waals surface area (Å²) < 4.78 is 53.7. The van der Waals surface area contributed by atoms with Gasteiger partial charge in [-0.25, -0.2) is 17.8 Å². The van der Waals surface area contributed by atoms with Crippen LogP contribution in [0.3, 0.4) is 0 Å². The van der Waals surface area contributed by atoms with Crippen LogP contribution in [-0.2, 0) is 19.5 Å². The van der Waals surface area contributed by atoms with Crippen molar-refractivity contribution in [1.29, 1.82) is 0 Å². The number of nitrogens with one attached hydrogen (secondary N) is 1. The van der Waals surface area contributed by atoms with Crippen molar-refractivity contribution in [3.05, 3.63) is 65.6 Å². The Balaban J connectivity index is 1.55. The average molecular weight is 548 g/mol. The number of hydrogen-bond acceptors (Lipinski definition) is 8. The molecule has 1 N–H and O–H groups in total. The minimum Gasteiger partial charge on any atom is -0.383 e. The van der Waals surface area contributed by atoms with Crippen LogP contribution in [0.25, 0.3) is 15.3 Å². The van der Waals surface area contributed by atoms with Crippen LogP contribution in [0.4, 0.5) is 10.2 Å². The summed E-state index contributed by atoms with van der Waals surface area (Å²) >= 11 is 1.24. The number of ether oxygens (including phenoxy) is 2. The number of methoxy groups -OCH3 is 2. The third-order valence-electron chi connectivity index (χ3n) is 5.46. The van der Waals surface area contributed by atoms with E-state index < -0.39 is 21.7 Å². The second-order valence-corrected chi connectivity index (χ2v) is 11.0. The molecule has 0 unspecified atom stereocenters. The van der Waals surface area contributed by atoms with Gasteiger partial charge in [-0.2, -0.15) is 14.1 Å². The zero-order valence-corrected chi connectivity index (χ0v) is 22.1. The van der Waals surface area contributed by atoms with E-state index in [1.165, 1.54) is 64.9 Å². The summed E-state index contributed by atoms with van der Waals surface area (Å²) in [5.74, 6) is -0.551. The van der Waals surface area contributed by atoms with E-state index in [-0.39, 0.29) is 42.3 Å². The zero-order valence-electron chi connectivity index (χ0n) is 20.5. The van der Waals surface area contributed by atoms with E-state index in [0.717, 1.165) is 0 Å². The van der Waals surface area contributed by atoms with Crippen molar-refractivity contribution >= 4 is 43.3 Å². The molecule has 37 heavy (non-hydrogen) atoms. The van der Waals surface area contributed by atoms with E-state index in [0.29, 0.717) is 21.3 Å². The molecule has 4 rings (SSSR count). The molecular weight excluding hydrogens is 521 g/mol. The second-order valence-electron chi connectivity index (χ2n) is 8.03. The summed E-state index contributed by atoms with van der Waals surface area (Å²) in [6.07, 6.45) is 0. The van der Waals surface area contributed by atoms with E-state index in [2.05, 4.69) is 15.4 Å². The Morgan fingerprint density at radius 3 is 2.41 bits per heavy atom. The fourth-order valence-electron chi connectivity index (χ4n) is 3.58. The van der Waals surface area contributed by atoms with Gasteiger partial charge in [-0.15, -0.1) is 0 Å². The Hall–Kier alpha value is -3.23. The van der Waals surface area contributed by atoms with Gasteiger partial charge in [-0.05, 0) is 43.3 Å². The van der Waals surface area contributed by atoms with Crippen LogP contribution in [0.2, 0.25) is 0 Å². The first-order valence-corrected chi connectivity index (χ1v) is 13.5. The van der Waals surface area contributed by atoms with E-state index in [1.54, 1.807) is 25.1 Å². The quantitative estimate of drug-likeness (QED) is 0.306. The molecule has 0 radical (unpaired) electrons. The molecule has 0 bridgehead atoms. The highest BCUT2D eigenvalue weighted by atomic mass is 32.2. The molecular formula is C24H26FN5O5S2. The lowest BCUT2D eigenvalue weighted by Gasteiger charge is -2.21. The number of nitrogens with zero attached hydrogens (tertiary/aromatic N) is 4. The number of amides is 1. The summed E-state index contributed by atoms with van der Waals surface area (Å²) in [6, 6.07) is 12.0. The monoisotopic (exact) mass is 547 g/mol. The topological polar surface area (TPSA) is 116 Å². The fourth-order valence-corrected chi connectivity index (χ4v) is 5.94. The molecule has 2 aromatic heterocycles. The number of fused-ring (bicyclic) bond motifs is 1. The maximum atomic E-state index is 14.1. The number of halogens is 1. The van der Waals surface area contributed by atoms with Gasteiger partial charge in [0, 0.05) is 38.9 Å². The first-order chi connectivity index (χ1) is 17.7. The predicted molar refractivity (Wildman–Crippen MR) is 138 cm³/mol. The Bertz CT molecular complexity index is 1490. The average Bonchev–Trinajstić information content (AvgIpc) is 3.48. The van der Waals surface area contributed by atoms with E-state index in [9.17, 15) is 17.6 Å². The van der Waals surface area contributed by atoms with Crippen LogP contribution in [-0.4, -0.2) is 73.9 Å². The van der Waals surface area contributed by atoms with Crippen molar-refractivity contribution in [3.63, 3.8) is 0 Å². The molecule has 0 aliphatic carbocycles. The van der Waals surface area contributed by atoms with E-state index in [1.807, 2.05) is 0 Å². The van der Waals surface area contributed by atoms with Crippen LogP contribution in [0.5, 0.6) is 0 Å². The first kappa shape index (κ1) is 26.8. The third kappa shape index (κ3) is 5.86. The lowest BCUT2D eigenvalue weighted by molar-refractivity contribution is 0.102. The minimum atomic E-state index is -3.81.